The molecule has 3 heteroatoms. The average molecular weight is 223 g/mol. The van der Waals surface area contributed by atoms with Gasteiger partial charge in [-0.2, -0.15) is 0 Å². The Morgan fingerprint density at radius 3 is 2.62 bits per heavy atom. The molecule has 0 aliphatic heterocycles. The maximum atomic E-state index is 5.58. The molecule has 1 atom stereocenters. The quantitative estimate of drug-likeness (QED) is 0.684. The van der Waals surface area contributed by atoms with E-state index in [1.165, 1.54) is 0 Å². The van der Waals surface area contributed by atoms with Gasteiger partial charge in [-0.1, -0.05) is 18.2 Å². The molecule has 0 radical (unpaired) electrons. The van der Waals surface area contributed by atoms with Gasteiger partial charge in [0.2, 0.25) is 0 Å². The second-order valence-corrected chi connectivity index (χ2v) is 3.75. The van der Waals surface area contributed by atoms with Gasteiger partial charge in [-0.05, 0) is 26.1 Å². The van der Waals surface area contributed by atoms with E-state index < -0.39 is 0 Å². The Bertz CT molecular complexity index is 264. The first-order valence-corrected chi connectivity index (χ1v) is 5.77. The Balaban J connectivity index is 2.00. The van der Waals surface area contributed by atoms with E-state index in [1.54, 1.807) is 0 Å². The molecule has 0 saturated carbocycles. The largest absolute Gasteiger partial charge is 0.494 e. The van der Waals surface area contributed by atoms with Crippen molar-refractivity contribution in [2.75, 3.05) is 26.8 Å². The van der Waals surface area contributed by atoms with E-state index in [2.05, 4.69) is 12.2 Å². The summed E-state index contributed by atoms with van der Waals surface area (Å²) in [6.07, 6.45) is 1.19. The highest BCUT2D eigenvalue weighted by Crippen LogP contribution is 2.08. The minimum absolute atomic E-state index is 0.265. The molecule has 0 fully saturated rings. The van der Waals surface area contributed by atoms with Crippen LogP contribution in [0.1, 0.15) is 13.3 Å². The smallest absolute Gasteiger partial charge is 0.119 e. The van der Waals surface area contributed by atoms with Gasteiger partial charge < -0.3 is 14.8 Å². The van der Waals surface area contributed by atoms with E-state index in [9.17, 15) is 0 Å². The van der Waals surface area contributed by atoms with Crippen LogP contribution < -0.4 is 10.1 Å². The Hall–Kier alpha value is -1.06. The highest BCUT2D eigenvalue weighted by Gasteiger charge is 1.99. The minimum atomic E-state index is 0.265. The number of nitrogens with one attached hydrogen (secondary N) is 1. The minimum Gasteiger partial charge on any atom is -0.494 e. The van der Waals surface area contributed by atoms with E-state index in [1.807, 2.05) is 37.4 Å². The van der Waals surface area contributed by atoms with Crippen LogP contribution in [0.3, 0.4) is 0 Å². The molecule has 0 bridgehead atoms. The highest BCUT2D eigenvalue weighted by molar-refractivity contribution is 5.20. The molecule has 3 nitrogen and oxygen atoms in total. The van der Waals surface area contributed by atoms with Crippen molar-refractivity contribution < 1.29 is 9.47 Å². The highest BCUT2D eigenvalue weighted by atomic mass is 16.5. The molecule has 1 aromatic rings. The zero-order valence-electron chi connectivity index (χ0n) is 10.1. The van der Waals surface area contributed by atoms with Crippen molar-refractivity contribution in [3.63, 3.8) is 0 Å². The Labute approximate surface area is 97.8 Å². The standard InChI is InChI=1S/C13H21NO2/c1-12(11-14-2)15-9-6-10-16-13-7-4-3-5-8-13/h3-5,7-8,12,14H,6,9-11H2,1-2H3. The number of ether oxygens (including phenoxy) is 2. The van der Waals surface area contributed by atoms with E-state index in [0.717, 1.165) is 25.3 Å². The summed E-state index contributed by atoms with van der Waals surface area (Å²) in [6.45, 7) is 4.40. The van der Waals surface area contributed by atoms with Crippen LogP contribution in [0.2, 0.25) is 0 Å². The lowest BCUT2D eigenvalue weighted by atomic mass is 10.3. The molecule has 0 amide bonds. The number of hydrogen-bond donors (Lipinski definition) is 1. The average Bonchev–Trinajstić information content (AvgIpc) is 2.30. The molecule has 0 aromatic heterocycles. The predicted octanol–water partition coefficient (Wildman–Crippen LogP) is 2.08. The molecule has 0 saturated heterocycles. The van der Waals surface area contributed by atoms with Crippen LogP contribution in [0.4, 0.5) is 0 Å². The van der Waals surface area contributed by atoms with Crippen molar-refractivity contribution in [2.45, 2.75) is 19.4 Å². The number of benzene rings is 1. The topological polar surface area (TPSA) is 30.5 Å². The lowest BCUT2D eigenvalue weighted by Crippen LogP contribution is -2.24. The molecule has 0 aliphatic carbocycles. The third-order valence-corrected chi connectivity index (χ3v) is 2.19. The van der Waals surface area contributed by atoms with Crippen molar-refractivity contribution in [3.05, 3.63) is 30.3 Å². The van der Waals surface area contributed by atoms with Gasteiger partial charge in [0, 0.05) is 13.0 Å². The molecule has 0 heterocycles. The van der Waals surface area contributed by atoms with Crippen LogP contribution in [0.15, 0.2) is 30.3 Å². The fourth-order valence-electron chi connectivity index (χ4n) is 1.40. The summed E-state index contributed by atoms with van der Waals surface area (Å²) in [6, 6.07) is 9.85. The molecule has 0 spiro atoms. The van der Waals surface area contributed by atoms with Crippen LogP contribution in [0.5, 0.6) is 5.75 Å². The number of hydrogen-bond acceptors (Lipinski definition) is 3. The van der Waals surface area contributed by atoms with Gasteiger partial charge in [0.05, 0.1) is 19.3 Å². The molecule has 1 unspecified atom stereocenters. The van der Waals surface area contributed by atoms with Crippen LogP contribution in [0, 0.1) is 0 Å². The maximum absolute atomic E-state index is 5.58. The van der Waals surface area contributed by atoms with E-state index in [4.69, 9.17) is 9.47 Å². The molecule has 1 N–H and O–H groups in total. The summed E-state index contributed by atoms with van der Waals surface area (Å²) in [5, 5.41) is 3.08. The second-order valence-electron chi connectivity index (χ2n) is 3.75. The van der Waals surface area contributed by atoms with E-state index in [-0.39, 0.29) is 6.10 Å². The van der Waals surface area contributed by atoms with Gasteiger partial charge in [-0.3, -0.25) is 0 Å². The van der Waals surface area contributed by atoms with Gasteiger partial charge in [0.1, 0.15) is 5.75 Å². The van der Waals surface area contributed by atoms with E-state index >= 15 is 0 Å². The lowest BCUT2D eigenvalue weighted by Gasteiger charge is -2.12. The monoisotopic (exact) mass is 223 g/mol. The summed E-state index contributed by atoms with van der Waals surface area (Å²) < 4.78 is 11.1. The predicted molar refractivity (Wildman–Crippen MR) is 65.9 cm³/mol. The summed E-state index contributed by atoms with van der Waals surface area (Å²) in [4.78, 5) is 0. The second kappa shape index (κ2) is 8.13. The van der Waals surface area contributed by atoms with Gasteiger partial charge in [0.15, 0.2) is 0 Å². The third-order valence-electron chi connectivity index (χ3n) is 2.19. The van der Waals surface area contributed by atoms with Crippen molar-refractivity contribution in [3.8, 4) is 5.75 Å². The molecular weight excluding hydrogens is 202 g/mol. The summed E-state index contributed by atoms with van der Waals surface area (Å²) in [5.74, 6) is 0.922. The SMILES string of the molecule is CNCC(C)OCCCOc1ccccc1. The van der Waals surface area contributed by atoms with Crippen molar-refractivity contribution in [1.29, 1.82) is 0 Å². The Morgan fingerprint density at radius 1 is 1.19 bits per heavy atom. The van der Waals surface area contributed by atoms with Crippen molar-refractivity contribution in [2.24, 2.45) is 0 Å². The molecule has 0 aliphatic rings. The van der Waals surface area contributed by atoms with Gasteiger partial charge in [-0.15, -0.1) is 0 Å². The van der Waals surface area contributed by atoms with Crippen LogP contribution in [-0.2, 0) is 4.74 Å². The summed E-state index contributed by atoms with van der Waals surface area (Å²) in [7, 11) is 1.93. The van der Waals surface area contributed by atoms with Gasteiger partial charge in [0.25, 0.3) is 0 Å². The van der Waals surface area contributed by atoms with Gasteiger partial charge in [-0.25, -0.2) is 0 Å². The first-order valence-electron chi connectivity index (χ1n) is 5.77. The number of rotatable bonds is 8. The van der Waals surface area contributed by atoms with Crippen LogP contribution in [0.25, 0.3) is 0 Å². The zero-order valence-corrected chi connectivity index (χ0v) is 10.1. The third kappa shape index (κ3) is 5.73. The first kappa shape index (κ1) is 13.0. The van der Waals surface area contributed by atoms with Crippen LogP contribution in [-0.4, -0.2) is 32.9 Å². The normalized spacial score (nSPS) is 12.4. The lowest BCUT2D eigenvalue weighted by molar-refractivity contribution is 0.0588. The fourth-order valence-corrected chi connectivity index (χ4v) is 1.40. The fraction of sp³-hybridized carbons (Fsp3) is 0.538. The summed E-state index contributed by atoms with van der Waals surface area (Å²) in [5.41, 5.74) is 0. The Kier molecular flexibility index (Phi) is 6.61. The van der Waals surface area contributed by atoms with Gasteiger partial charge >= 0.3 is 0 Å². The molecule has 1 rings (SSSR count). The van der Waals surface area contributed by atoms with Crippen molar-refractivity contribution in [1.82, 2.24) is 5.32 Å². The zero-order chi connectivity index (χ0) is 11.6. The summed E-state index contributed by atoms with van der Waals surface area (Å²) >= 11 is 0. The first-order chi connectivity index (χ1) is 7.83. The molecule has 1 aromatic carbocycles. The number of para-hydroxylation sites is 1. The molecule has 90 valence electrons. The molecular formula is C13H21NO2. The van der Waals surface area contributed by atoms with Crippen molar-refractivity contribution >= 4 is 0 Å². The van der Waals surface area contributed by atoms with Crippen LogP contribution >= 0.6 is 0 Å². The number of likely N-dealkylation sites (N-methyl/N-ethyl adjacent to an activating group) is 1. The molecule has 16 heavy (non-hydrogen) atoms. The van der Waals surface area contributed by atoms with E-state index in [0.29, 0.717) is 6.61 Å². The maximum Gasteiger partial charge on any atom is 0.119 e. The Morgan fingerprint density at radius 2 is 1.94 bits per heavy atom.